The van der Waals surface area contributed by atoms with Crippen LogP contribution in [0.1, 0.15) is 5.56 Å². The molecule has 0 aliphatic heterocycles. The van der Waals surface area contributed by atoms with Crippen LogP contribution in [0.25, 0.3) is 0 Å². The number of thiophene rings is 1. The molecule has 1 N–H and O–H groups in total. The SMILES string of the molecule is O=S(=O)(Nc1ccccc1SCc1c(F)cccc1Cl)c1cccs1. The third-order valence-electron chi connectivity index (χ3n) is 3.33. The predicted octanol–water partition coefficient (Wildman–Crippen LogP) is 5.63. The summed E-state index contributed by atoms with van der Waals surface area (Å²) in [5.74, 6) is -0.0832. The number of halogens is 2. The van der Waals surface area contributed by atoms with Gasteiger partial charge in [-0.05, 0) is 35.7 Å². The number of rotatable bonds is 6. The van der Waals surface area contributed by atoms with Gasteiger partial charge < -0.3 is 0 Å². The second-order valence-electron chi connectivity index (χ2n) is 5.02. The van der Waals surface area contributed by atoms with E-state index in [4.69, 9.17) is 11.6 Å². The van der Waals surface area contributed by atoms with Crippen molar-refractivity contribution < 1.29 is 12.8 Å². The Kier molecular flexibility index (Phi) is 5.68. The van der Waals surface area contributed by atoms with E-state index in [9.17, 15) is 12.8 Å². The van der Waals surface area contributed by atoms with Gasteiger partial charge in [-0.15, -0.1) is 23.1 Å². The molecule has 0 amide bonds. The Labute approximate surface area is 158 Å². The highest BCUT2D eigenvalue weighted by Gasteiger charge is 2.17. The van der Waals surface area contributed by atoms with Gasteiger partial charge in [0.2, 0.25) is 0 Å². The molecule has 0 spiro atoms. The van der Waals surface area contributed by atoms with Crippen LogP contribution in [0.15, 0.2) is 69.1 Å². The van der Waals surface area contributed by atoms with E-state index in [0.717, 1.165) is 11.3 Å². The van der Waals surface area contributed by atoms with E-state index in [1.54, 1.807) is 53.9 Å². The third-order valence-corrected chi connectivity index (χ3v) is 7.54. The first-order valence-electron chi connectivity index (χ1n) is 7.18. The number of hydrogen-bond acceptors (Lipinski definition) is 4. The largest absolute Gasteiger partial charge is 0.278 e. The third kappa shape index (κ3) is 4.36. The van der Waals surface area contributed by atoms with Gasteiger partial charge in [-0.25, -0.2) is 12.8 Å². The summed E-state index contributed by atoms with van der Waals surface area (Å²) in [6.45, 7) is 0. The summed E-state index contributed by atoms with van der Waals surface area (Å²) < 4.78 is 41.5. The molecule has 0 saturated heterocycles. The highest BCUT2D eigenvalue weighted by molar-refractivity contribution is 7.99. The van der Waals surface area contributed by atoms with Crippen LogP contribution < -0.4 is 4.72 Å². The average Bonchev–Trinajstić information content (AvgIpc) is 3.11. The first-order chi connectivity index (χ1) is 12.0. The molecule has 0 unspecified atom stereocenters. The molecule has 2 aromatic carbocycles. The van der Waals surface area contributed by atoms with E-state index >= 15 is 0 Å². The van der Waals surface area contributed by atoms with Crippen LogP contribution in [-0.2, 0) is 15.8 Å². The maximum Gasteiger partial charge on any atom is 0.271 e. The molecule has 0 fully saturated rings. The maximum atomic E-state index is 13.9. The number of benzene rings is 2. The van der Waals surface area contributed by atoms with E-state index < -0.39 is 10.0 Å². The molecule has 0 radical (unpaired) electrons. The Morgan fingerprint density at radius 2 is 1.88 bits per heavy atom. The van der Waals surface area contributed by atoms with Gasteiger partial charge in [0.25, 0.3) is 10.0 Å². The molecule has 3 aromatic rings. The molecule has 1 aromatic heterocycles. The fourth-order valence-corrected chi connectivity index (χ4v) is 5.60. The molecular weight excluding hydrogens is 401 g/mol. The number of anilines is 1. The van der Waals surface area contributed by atoms with Crippen molar-refractivity contribution in [2.24, 2.45) is 0 Å². The van der Waals surface area contributed by atoms with E-state index in [1.807, 2.05) is 0 Å². The summed E-state index contributed by atoms with van der Waals surface area (Å²) in [4.78, 5) is 0.696. The van der Waals surface area contributed by atoms with Crippen molar-refractivity contribution in [2.75, 3.05) is 4.72 Å². The Morgan fingerprint density at radius 1 is 1.08 bits per heavy atom. The minimum atomic E-state index is -3.64. The average molecular weight is 414 g/mol. The molecule has 25 heavy (non-hydrogen) atoms. The molecule has 0 bridgehead atoms. The number of thioether (sulfide) groups is 1. The quantitative estimate of drug-likeness (QED) is 0.532. The zero-order valence-corrected chi connectivity index (χ0v) is 16.0. The van der Waals surface area contributed by atoms with E-state index in [-0.39, 0.29) is 10.0 Å². The highest BCUT2D eigenvalue weighted by Crippen LogP contribution is 2.34. The molecule has 3 rings (SSSR count). The van der Waals surface area contributed by atoms with Crippen LogP contribution in [-0.4, -0.2) is 8.42 Å². The molecular formula is C17H13ClFNO2S3. The minimum Gasteiger partial charge on any atom is -0.278 e. The normalized spacial score (nSPS) is 11.4. The van der Waals surface area contributed by atoms with Gasteiger partial charge in [-0.1, -0.05) is 35.9 Å². The lowest BCUT2D eigenvalue weighted by Crippen LogP contribution is -2.12. The summed E-state index contributed by atoms with van der Waals surface area (Å²) in [6, 6.07) is 14.8. The van der Waals surface area contributed by atoms with Crippen molar-refractivity contribution >= 4 is 50.4 Å². The molecule has 0 saturated carbocycles. The zero-order valence-electron chi connectivity index (χ0n) is 12.8. The van der Waals surface area contributed by atoms with Crippen molar-refractivity contribution in [3.8, 4) is 0 Å². The lowest BCUT2D eigenvalue weighted by atomic mass is 10.2. The predicted molar refractivity (Wildman–Crippen MR) is 103 cm³/mol. The summed E-state index contributed by atoms with van der Waals surface area (Å²) in [5, 5.41) is 2.05. The van der Waals surface area contributed by atoms with Crippen molar-refractivity contribution in [3.05, 3.63) is 76.4 Å². The van der Waals surface area contributed by atoms with Gasteiger partial charge in [-0.2, -0.15) is 0 Å². The summed E-state index contributed by atoms with van der Waals surface area (Å²) in [5.41, 5.74) is 0.846. The molecule has 8 heteroatoms. The van der Waals surface area contributed by atoms with Crippen molar-refractivity contribution in [1.82, 2.24) is 0 Å². The highest BCUT2D eigenvalue weighted by atomic mass is 35.5. The van der Waals surface area contributed by atoms with E-state index in [1.165, 1.54) is 17.8 Å². The van der Waals surface area contributed by atoms with Gasteiger partial charge >= 0.3 is 0 Å². The van der Waals surface area contributed by atoms with Gasteiger partial charge in [0.15, 0.2) is 0 Å². The van der Waals surface area contributed by atoms with Crippen LogP contribution in [0.4, 0.5) is 10.1 Å². The summed E-state index contributed by atoms with van der Waals surface area (Å²) >= 11 is 8.51. The smallest absolute Gasteiger partial charge is 0.271 e. The Balaban J connectivity index is 1.82. The van der Waals surface area contributed by atoms with Crippen molar-refractivity contribution in [1.29, 1.82) is 0 Å². The number of sulfonamides is 1. The fourth-order valence-electron chi connectivity index (χ4n) is 2.11. The van der Waals surface area contributed by atoms with Crippen molar-refractivity contribution in [2.45, 2.75) is 14.9 Å². The second-order valence-corrected chi connectivity index (χ2v) is 9.30. The first-order valence-corrected chi connectivity index (χ1v) is 10.9. The Morgan fingerprint density at radius 3 is 2.60 bits per heavy atom. The number of hydrogen-bond donors (Lipinski definition) is 1. The molecule has 0 aliphatic carbocycles. The number of para-hydroxylation sites is 1. The van der Waals surface area contributed by atoms with Gasteiger partial charge in [-0.3, -0.25) is 4.72 Å². The lowest BCUT2D eigenvalue weighted by Gasteiger charge is -2.12. The standard InChI is InChI=1S/C17H13ClFNO2S3/c18-13-5-3-6-14(19)12(13)11-24-16-8-2-1-7-15(16)20-25(21,22)17-9-4-10-23-17/h1-10,20H,11H2. The van der Waals surface area contributed by atoms with Crippen LogP contribution >= 0.6 is 34.7 Å². The molecule has 1 heterocycles. The van der Waals surface area contributed by atoms with Crippen LogP contribution in [0.3, 0.4) is 0 Å². The molecule has 130 valence electrons. The van der Waals surface area contributed by atoms with Crippen LogP contribution in [0, 0.1) is 5.82 Å². The maximum absolute atomic E-state index is 13.9. The minimum absolute atomic E-state index is 0.240. The first kappa shape index (κ1) is 18.3. The lowest BCUT2D eigenvalue weighted by molar-refractivity contribution is 0.603. The Hall–Kier alpha value is -1.54. The topological polar surface area (TPSA) is 46.2 Å². The second kappa shape index (κ2) is 7.78. The molecule has 0 atom stereocenters. The molecule has 3 nitrogen and oxygen atoms in total. The van der Waals surface area contributed by atoms with Crippen molar-refractivity contribution in [3.63, 3.8) is 0 Å². The monoisotopic (exact) mass is 413 g/mol. The summed E-state index contributed by atoms with van der Waals surface area (Å²) in [6.07, 6.45) is 0. The van der Waals surface area contributed by atoms with Gasteiger partial charge in [0.1, 0.15) is 10.0 Å². The van der Waals surface area contributed by atoms with Crippen LogP contribution in [0.2, 0.25) is 5.02 Å². The Bertz CT molecular complexity index is 955. The van der Waals surface area contributed by atoms with Gasteiger partial charge in [0, 0.05) is 21.2 Å². The van der Waals surface area contributed by atoms with Crippen LogP contribution in [0.5, 0.6) is 0 Å². The van der Waals surface area contributed by atoms with E-state index in [2.05, 4.69) is 4.72 Å². The summed E-state index contributed by atoms with van der Waals surface area (Å²) in [7, 11) is -3.64. The zero-order chi connectivity index (χ0) is 17.9. The fraction of sp³-hybridized carbons (Fsp3) is 0.0588. The number of nitrogens with one attached hydrogen (secondary N) is 1. The van der Waals surface area contributed by atoms with Gasteiger partial charge in [0.05, 0.1) is 5.69 Å². The van der Waals surface area contributed by atoms with E-state index in [0.29, 0.717) is 26.9 Å². The molecule has 0 aliphatic rings.